The SMILES string of the molecule is Cl.O=C(NCCCN1CCNCC1)c1ccc2c(c1)OCCO2. The second kappa shape index (κ2) is 8.96. The van der Waals surface area contributed by atoms with Gasteiger partial charge < -0.3 is 25.0 Å². The summed E-state index contributed by atoms with van der Waals surface area (Å²) in [5.41, 5.74) is 0.617. The van der Waals surface area contributed by atoms with Crippen molar-refractivity contribution in [1.82, 2.24) is 15.5 Å². The Morgan fingerprint density at radius 1 is 1.17 bits per heavy atom. The van der Waals surface area contributed by atoms with Gasteiger partial charge in [-0.25, -0.2) is 0 Å². The van der Waals surface area contributed by atoms with E-state index in [-0.39, 0.29) is 18.3 Å². The number of ether oxygens (including phenoxy) is 2. The predicted molar refractivity (Wildman–Crippen MR) is 90.9 cm³/mol. The van der Waals surface area contributed by atoms with E-state index >= 15 is 0 Å². The Morgan fingerprint density at radius 2 is 1.91 bits per heavy atom. The molecule has 0 bridgehead atoms. The first-order valence-electron chi connectivity index (χ1n) is 7.94. The number of halogens is 1. The number of nitrogens with zero attached hydrogens (tertiary/aromatic N) is 1. The molecule has 1 aromatic carbocycles. The van der Waals surface area contributed by atoms with Gasteiger partial charge in [0.25, 0.3) is 5.91 Å². The lowest BCUT2D eigenvalue weighted by atomic mass is 10.2. The van der Waals surface area contributed by atoms with Crippen molar-refractivity contribution >= 4 is 18.3 Å². The first-order chi connectivity index (χ1) is 10.8. The van der Waals surface area contributed by atoms with E-state index in [1.807, 2.05) is 0 Å². The van der Waals surface area contributed by atoms with Crippen molar-refractivity contribution in [2.75, 3.05) is 52.5 Å². The van der Waals surface area contributed by atoms with Crippen LogP contribution in [0.15, 0.2) is 18.2 Å². The number of rotatable bonds is 5. The number of piperazine rings is 1. The minimum Gasteiger partial charge on any atom is -0.486 e. The fraction of sp³-hybridized carbons (Fsp3) is 0.562. The van der Waals surface area contributed by atoms with Crippen molar-refractivity contribution in [2.24, 2.45) is 0 Å². The van der Waals surface area contributed by atoms with Crippen LogP contribution in [0.3, 0.4) is 0 Å². The summed E-state index contributed by atoms with van der Waals surface area (Å²) in [6, 6.07) is 5.32. The average molecular weight is 342 g/mol. The smallest absolute Gasteiger partial charge is 0.251 e. The fourth-order valence-electron chi connectivity index (χ4n) is 2.73. The minimum absolute atomic E-state index is 0. The maximum absolute atomic E-state index is 12.2. The molecular weight excluding hydrogens is 318 g/mol. The summed E-state index contributed by atoms with van der Waals surface area (Å²) in [4.78, 5) is 14.6. The Balaban J connectivity index is 0.00000192. The van der Waals surface area contributed by atoms with E-state index < -0.39 is 0 Å². The van der Waals surface area contributed by atoms with Crippen molar-refractivity contribution < 1.29 is 14.3 Å². The lowest BCUT2D eigenvalue weighted by molar-refractivity contribution is 0.0950. The molecule has 6 nitrogen and oxygen atoms in total. The molecule has 1 amide bonds. The largest absolute Gasteiger partial charge is 0.486 e. The van der Waals surface area contributed by atoms with Gasteiger partial charge in [0, 0.05) is 38.3 Å². The van der Waals surface area contributed by atoms with Crippen molar-refractivity contribution in [2.45, 2.75) is 6.42 Å². The maximum atomic E-state index is 12.2. The molecule has 0 radical (unpaired) electrons. The summed E-state index contributed by atoms with van der Waals surface area (Å²) >= 11 is 0. The summed E-state index contributed by atoms with van der Waals surface area (Å²) in [6.07, 6.45) is 0.969. The van der Waals surface area contributed by atoms with Crippen LogP contribution in [0.4, 0.5) is 0 Å². The molecule has 3 rings (SSSR count). The van der Waals surface area contributed by atoms with Crippen LogP contribution in [0, 0.1) is 0 Å². The standard InChI is InChI=1S/C16H23N3O3.ClH/c20-16(18-4-1-7-19-8-5-17-6-9-19)13-2-3-14-15(12-13)22-11-10-21-14;/h2-3,12,17H,1,4-11H2,(H,18,20);1H. The second-order valence-electron chi connectivity index (χ2n) is 5.56. The number of hydrogen-bond acceptors (Lipinski definition) is 5. The molecular formula is C16H24ClN3O3. The molecule has 0 aliphatic carbocycles. The summed E-state index contributed by atoms with van der Waals surface area (Å²) in [7, 11) is 0. The van der Waals surface area contributed by atoms with E-state index in [9.17, 15) is 4.79 Å². The minimum atomic E-state index is -0.0581. The molecule has 2 aliphatic heterocycles. The van der Waals surface area contributed by atoms with Crippen LogP contribution in [-0.4, -0.2) is 63.3 Å². The fourth-order valence-corrected chi connectivity index (χ4v) is 2.73. The summed E-state index contributed by atoms with van der Waals surface area (Å²) in [6.45, 7) is 7.12. The number of fused-ring (bicyclic) bond motifs is 1. The highest BCUT2D eigenvalue weighted by atomic mass is 35.5. The predicted octanol–water partition coefficient (Wildman–Crippen LogP) is 0.905. The van der Waals surface area contributed by atoms with E-state index in [2.05, 4.69) is 15.5 Å². The molecule has 0 aromatic heterocycles. The topological polar surface area (TPSA) is 62.8 Å². The van der Waals surface area contributed by atoms with Crippen LogP contribution >= 0.6 is 12.4 Å². The van der Waals surface area contributed by atoms with Crippen LogP contribution in [0.25, 0.3) is 0 Å². The van der Waals surface area contributed by atoms with Gasteiger partial charge in [-0.1, -0.05) is 0 Å². The molecule has 1 aromatic rings. The van der Waals surface area contributed by atoms with E-state index in [1.54, 1.807) is 18.2 Å². The van der Waals surface area contributed by atoms with Crippen LogP contribution in [0.2, 0.25) is 0 Å². The van der Waals surface area contributed by atoms with Crippen LogP contribution < -0.4 is 20.1 Å². The molecule has 2 N–H and O–H groups in total. The van der Waals surface area contributed by atoms with Crippen LogP contribution in [-0.2, 0) is 0 Å². The van der Waals surface area contributed by atoms with Crippen molar-refractivity contribution in [3.63, 3.8) is 0 Å². The van der Waals surface area contributed by atoms with Gasteiger partial charge in [0.15, 0.2) is 11.5 Å². The highest BCUT2D eigenvalue weighted by molar-refractivity contribution is 5.94. The monoisotopic (exact) mass is 341 g/mol. The summed E-state index contributed by atoms with van der Waals surface area (Å²) < 4.78 is 11.0. The number of nitrogens with one attached hydrogen (secondary N) is 2. The van der Waals surface area contributed by atoms with Gasteiger partial charge in [-0.2, -0.15) is 0 Å². The number of carbonyl (C=O) groups is 1. The normalized spacial score (nSPS) is 17.2. The molecule has 7 heteroatoms. The van der Waals surface area contributed by atoms with E-state index in [0.29, 0.717) is 36.8 Å². The first kappa shape index (κ1) is 17.8. The van der Waals surface area contributed by atoms with Crippen molar-refractivity contribution in [1.29, 1.82) is 0 Å². The third kappa shape index (κ3) is 4.99. The van der Waals surface area contributed by atoms with Gasteiger partial charge in [-0.3, -0.25) is 4.79 Å². The summed E-state index contributed by atoms with van der Waals surface area (Å²) in [5, 5.41) is 6.30. The number of amides is 1. The Bertz CT molecular complexity index is 521. The first-order valence-corrected chi connectivity index (χ1v) is 7.94. The van der Waals surface area contributed by atoms with E-state index in [4.69, 9.17) is 9.47 Å². The molecule has 0 spiro atoms. The van der Waals surface area contributed by atoms with E-state index in [0.717, 1.165) is 39.1 Å². The van der Waals surface area contributed by atoms with Gasteiger partial charge >= 0.3 is 0 Å². The van der Waals surface area contributed by atoms with Gasteiger partial charge in [-0.15, -0.1) is 12.4 Å². The van der Waals surface area contributed by atoms with E-state index in [1.165, 1.54) is 0 Å². The van der Waals surface area contributed by atoms with Crippen molar-refractivity contribution in [3.05, 3.63) is 23.8 Å². The zero-order valence-corrected chi connectivity index (χ0v) is 14.0. The van der Waals surface area contributed by atoms with Gasteiger partial charge in [-0.05, 0) is 31.2 Å². The highest BCUT2D eigenvalue weighted by Crippen LogP contribution is 2.30. The van der Waals surface area contributed by atoms with Gasteiger partial charge in [0.1, 0.15) is 13.2 Å². The van der Waals surface area contributed by atoms with Gasteiger partial charge in [0.05, 0.1) is 0 Å². The Morgan fingerprint density at radius 3 is 2.70 bits per heavy atom. The zero-order chi connectivity index (χ0) is 15.2. The molecule has 1 fully saturated rings. The lowest BCUT2D eigenvalue weighted by Crippen LogP contribution is -2.44. The molecule has 128 valence electrons. The van der Waals surface area contributed by atoms with Crippen LogP contribution in [0.5, 0.6) is 11.5 Å². The third-order valence-electron chi connectivity index (χ3n) is 3.95. The molecule has 23 heavy (non-hydrogen) atoms. The number of carbonyl (C=O) groups excluding carboxylic acids is 1. The molecule has 0 unspecified atom stereocenters. The Kier molecular flexibility index (Phi) is 6.95. The zero-order valence-electron chi connectivity index (χ0n) is 13.2. The Labute approximate surface area is 142 Å². The van der Waals surface area contributed by atoms with Crippen molar-refractivity contribution in [3.8, 4) is 11.5 Å². The molecule has 1 saturated heterocycles. The number of benzene rings is 1. The third-order valence-corrected chi connectivity index (χ3v) is 3.95. The van der Waals surface area contributed by atoms with Crippen LogP contribution in [0.1, 0.15) is 16.8 Å². The maximum Gasteiger partial charge on any atom is 0.251 e. The second-order valence-corrected chi connectivity index (χ2v) is 5.56. The highest BCUT2D eigenvalue weighted by Gasteiger charge is 2.15. The molecule has 2 aliphatic rings. The Hall–Kier alpha value is -1.50. The quantitative estimate of drug-likeness (QED) is 0.779. The average Bonchev–Trinajstić information content (AvgIpc) is 2.59. The molecule has 0 saturated carbocycles. The number of hydrogen-bond donors (Lipinski definition) is 2. The summed E-state index contributed by atoms with van der Waals surface area (Å²) in [5.74, 6) is 1.30. The molecule has 2 heterocycles. The van der Waals surface area contributed by atoms with Gasteiger partial charge in [0.2, 0.25) is 0 Å². The molecule has 0 atom stereocenters. The lowest BCUT2D eigenvalue weighted by Gasteiger charge is -2.27.